The molecule has 2 rings (SSSR count). The van der Waals surface area contributed by atoms with Crippen LogP contribution >= 0.6 is 7.80 Å². The molecule has 2 radical (unpaired) electrons. The molecular weight excluding hydrogens is 314 g/mol. The first-order valence-electron chi connectivity index (χ1n) is 8.43. The van der Waals surface area contributed by atoms with Gasteiger partial charge < -0.3 is 9.47 Å². The van der Waals surface area contributed by atoms with Gasteiger partial charge in [0.1, 0.15) is 7.57 Å². The van der Waals surface area contributed by atoms with Crippen molar-refractivity contribution in [2.24, 2.45) is 0 Å². The van der Waals surface area contributed by atoms with E-state index in [9.17, 15) is 0 Å². The highest BCUT2D eigenvalue weighted by Crippen LogP contribution is 2.41. The van der Waals surface area contributed by atoms with Gasteiger partial charge in [-0.25, -0.2) is 0 Å². The maximum atomic E-state index is 6.42. The van der Waals surface area contributed by atoms with Gasteiger partial charge in [-0.05, 0) is 22.4 Å². The predicted octanol–water partition coefficient (Wildman–Crippen LogP) is 4.76. The van der Waals surface area contributed by atoms with E-state index < -0.39 is 7.80 Å². The summed E-state index contributed by atoms with van der Waals surface area (Å²) in [5.41, 5.74) is 3.12. The number of rotatable bonds is 10. The van der Waals surface area contributed by atoms with E-state index in [1.54, 1.807) is 0 Å². The van der Waals surface area contributed by atoms with Gasteiger partial charge in [-0.2, -0.15) is 0 Å². The molecule has 24 heavy (non-hydrogen) atoms. The monoisotopic (exact) mass is 340 g/mol. The van der Waals surface area contributed by atoms with Crippen molar-refractivity contribution in [1.29, 1.82) is 0 Å². The Hall–Kier alpha value is -1.15. The van der Waals surface area contributed by atoms with E-state index in [-0.39, 0.29) is 0 Å². The molecule has 0 aliphatic carbocycles. The zero-order valence-corrected chi connectivity index (χ0v) is 15.5. The standard InChI is InChI=1S/C20H26BO2P/c1-17(13-22-15-19-9-5-3-6-10-19)24(21)18(2)14-23-16-20-11-7-4-8-12-20/h3-12,17-18H,13-16H2,1-2H3/t17-,18-/m1/s1. The third-order valence-corrected chi connectivity index (χ3v) is 6.29. The van der Waals surface area contributed by atoms with Gasteiger partial charge >= 0.3 is 0 Å². The van der Waals surface area contributed by atoms with Gasteiger partial charge in [0.25, 0.3) is 0 Å². The van der Waals surface area contributed by atoms with Crippen molar-refractivity contribution in [3.05, 3.63) is 71.8 Å². The van der Waals surface area contributed by atoms with Crippen LogP contribution in [0.25, 0.3) is 0 Å². The summed E-state index contributed by atoms with van der Waals surface area (Å²) in [6.45, 7) is 7.02. The van der Waals surface area contributed by atoms with Crippen molar-refractivity contribution in [1.82, 2.24) is 0 Å². The van der Waals surface area contributed by atoms with Crippen LogP contribution in [0.4, 0.5) is 0 Å². The zero-order valence-electron chi connectivity index (χ0n) is 14.6. The van der Waals surface area contributed by atoms with E-state index in [2.05, 4.69) is 38.1 Å². The topological polar surface area (TPSA) is 18.5 Å². The Balaban J connectivity index is 1.64. The largest absolute Gasteiger partial charge is 0.376 e. The summed E-state index contributed by atoms with van der Waals surface area (Å²) in [5.74, 6) is 0. The van der Waals surface area contributed by atoms with Crippen LogP contribution < -0.4 is 0 Å². The minimum absolute atomic E-state index is 0.360. The van der Waals surface area contributed by atoms with Crippen LogP contribution in [0.3, 0.4) is 0 Å². The van der Waals surface area contributed by atoms with E-state index in [4.69, 9.17) is 17.0 Å². The quantitative estimate of drug-likeness (QED) is 0.458. The van der Waals surface area contributed by atoms with Gasteiger partial charge in [-0.15, -0.1) is 7.80 Å². The molecule has 2 aromatic rings. The molecular formula is C20H26BO2P. The average Bonchev–Trinajstić information content (AvgIpc) is 2.62. The molecule has 0 saturated heterocycles. The van der Waals surface area contributed by atoms with E-state index in [0.717, 1.165) is 0 Å². The molecule has 0 aliphatic rings. The summed E-state index contributed by atoms with van der Waals surface area (Å²) in [6, 6.07) is 20.5. The summed E-state index contributed by atoms with van der Waals surface area (Å²) >= 11 is 0. The molecule has 0 aromatic heterocycles. The average molecular weight is 340 g/mol. The van der Waals surface area contributed by atoms with Crippen LogP contribution in [-0.4, -0.2) is 32.1 Å². The highest BCUT2D eigenvalue weighted by Gasteiger charge is 2.18. The Morgan fingerprint density at radius 3 is 1.50 bits per heavy atom. The second-order valence-electron chi connectivity index (χ2n) is 6.15. The van der Waals surface area contributed by atoms with E-state index in [1.165, 1.54) is 11.1 Å². The highest BCUT2D eigenvalue weighted by molar-refractivity contribution is 7.83. The minimum atomic E-state index is -0.614. The summed E-state index contributed by atoms with van der Waals surface area (Å²) in [6.07, 6.45) is 0. The molecule has 126 valence electrons. The first kappa shape index (κ1) is 19.2. The highest BCUT2D eigenvalue weighted by atomic mass is 31.1. The fourth-order valence-corrected chi connectivity index (χ4v) is 3.87. The Morgan fingerprint density at radius 1 is 0.750 bits per heavy atom. The van der Waals surface area contributed by atoms with Gasteiger partial charge in [0.05, 0.1) is 26.4 Å². The molecule has 2 aromatic carbocycles. The summed E-state index contributed by atoms with van der Waals surface area (Å²) in [5, 5.41) is 0. The van der Waals surface area contributed by atoms with Gasteiger partial charge in [-0.1, -0.05) is 74.5 Å². The van der Waals surface area contributed by atoms with Gasteiger partial charge in [0.2, 0.25) is 0 Å². The van der Waals surface area contributed by atoms with Crippen LogP contribution in [0.15, 0.2) is 60.7 Å². The third-order valence-electron chi connectivity index (χ3n) is 3.96. The van der Waals surface area contributed by atoms with Gasteiger partial charge in [0, 0.05) is 0 Å². The summed E-state index contributed by atoms with van der Waals surface area (Å²) in [7, 11) is 5.81. The lowest BCUT2D eigenvalue weighted by atomic mass is 10.2. The normalized spacial score (nSPS) is 13.8. The first-order chi connectivity index (χ1) is 11.7. The maximum absolute atomic E-state index is 6.42. The fourth-order valence-electron chi connectivity index (χ4n) is 2.45. The van der Waals surface area contributed by atoms with Crippen molar-refractivity contribution in [2.45, 2.75) is 38.4 Å². The second kappa shape index (κ2) is 10.7. The molecule has 0 heterocycles. The lowest BCUT2D eigenvalue weighted by Crippen LogP contribution is -2.19. The Morgan fingerprint density at radius 2 is 1.12 bits per heavy atom. The minimum Gasteiger partial charge on any atom is -0.376 e. The number of benzene rings is 2. The molecule has 0 fully saturated rings. The molecule has 0 saturated carbocycles. The van der Waals surface area contributed by atoms with Gasteiger partial charge in [-0.3, -0.25) is 0 Å². The number of hydrogen-bond donors (Lipinski definition) is 0. The van der Waals surface area contributed by atoms with E-state index >= 15 is 0 Å². The van der Waals surface area contributed by atoms with Crippen LogP contribution in [-0.2, 0) is 22.7 Å². The van der Waals surface area contributed by atoms with Crippen LogP contribution in [0.1, 0.15) is 25.0 Å². The first-order valence-corrected chi connectivity index (χ1v) is 9.98. The van der Waals surface area contributed by atoms with Crippen molar-refractivity contribution >= 4 is 15.4 Å². The lowest BCUT2D eigenvalue weighted by molar-refractivity contribution is 0.118. The zero-order chi connectivity index (χ0) is 17.2. The Labute approximate surface area is 148 Å². The molecule has 2 atom stereocenters. The van der Waals surface area contributed by atoms with E-state index in [0.29, 0.717) is 37.7 Å². The number of ether oxygens (including phenoxy) is 2. The molecule has 0 bridgehead atoms. The maximum Gasteiger partial charge on any atom is 0.109 e. The van der Waals surface area contributed by atoms with Crippen LogP contribution in [0.5, 0.6) is 0 Å². The molecule has 0 aliphatic heterocycles. The molecule has 0 amide bonds. The summed E-state index contributed by atoms with van der Waals surface area (Å²) in [4.78, 5) is 0. The van der Waals surface area contributed by atoms with Crippen LogP contribution in [0, 0.1) is 0 Å². The third kappa shape index (κ3) is 6.77. The van der Waals surface area contributed by atoms with Crippen LogP contribution in [0.2, 0.25) is 0 Å². The smallest absolute Gasteiger partial charge is 0.109 e. The fraction of sp³-hybridized carbons (Fsp3) is 0.400. The predicted molar refractivity (Wildman–Crippen MR) is 104 cm³/mol. The van der Waals surface area contributed by atoms with Crippen molar-refractivity contribution in [2.75, 3.05) is 13.2 Å². The van der Waals surface area contributed by atoms with Crippen molar-refractivity contribution in [3.63, 3.8) is 0 Å². The molecule has 0 N–H and O–H groups in total. The summed E-state index contributed by atoms with van der Waals surface area (Å²) < 4.78 is 11.6. The van der Waals surface area contributed by atoms with E-state index in [1.807, 2.05) is 36.4 Å². The molecule has 0 spiro atoms. The Bertz CT molecular complexity index is 513. The van der Waals surface area contributed by atoms with Crippen molar-refractivity contribution < 1.29 is 9.47 Å². The van der Waals surface area contributed by atoms with Gasteiger partial charge in [0.15, 0.2) is 0 Å². The Kier molecular flexibility index (Phi) is 8.52. The second-order valence-corrected chi connectivity index (χ2v) is 8.80. The molecule has 0 unspecified atom stereocenters. The lowest BCUT2D eigenvalue weighted by Gasteiger charge is -2.27. The molecule has 4 heteroatoms. The SMILES string of the molecule is [B]P([C@H](C)COCc1ccccc1)[C@H](C)COCc1ccccc1. The van der Waals surface area contributed by atoms with Crippen molar-refractivity contribution in [3.8, 4) is 0 Å². The number of hydrogen-bond acceptors (Lipinski definition) is 2. The molecule has 2 nitrogen and oxygen atoms in total.